The highest BCUT2D eigenvalue weighted by Crippen LogP contribution is 2.30. The predicted molar refractivity (Wildman–Crippen MR) is 102 cm³/mol. The highest BCUT2D eigenvalue weighted by atomic mass is 79.9. The van der Waals surface area contributed by atoms with Crippen molar-refractivity contribution in [2.24, 2.45) is 0 Å². The summed E-state index contributed by atoms with van der Waals surface area (Å²) in [5.74, 6) is 0.247. The number of H-pyrrole nitrogens is 1. The van der Waals surface area contributed by atoms with Crippen LogP contribution in [0.5, 0.6) is 5.75 Å². The Morgan fingerprint density at radius 1 is 1.26 bits per heavy atom. The molecule has 3 rings (SSSR count). The van der Waals surface area contributed by atoms with Gasteiger partial charge >= 0.3 is 6.18 Å². The number of ether oxygens (including phenoxy) is 1. The zero-order valence-electron chi connectivity index (χ0n) is 14.1. The third kappa shape index (κ3) is 4.53. The van der Waals surface area contributed by atoms with Crippen molar-refractivity contribution in [3.8, 4) is 5.75 Å². The van der Waals surface area contributed by atoms with Crippen LogP contribution in [0, 0.1) is 0 Å². The lowest BCUT2D eigenvalue weighted by Crippen LogP contribution is -2.44. The number of hydrogen-bond acceptors (Lipinski definition) is 2. The molecule has 2 atom stereocenters. The molecule has 0 bridgehead atoms. The number of benzene rings is 2. The molecule has 0 saturated carbocycles. The summed E-state index contributed by atoms with van der Waals surface area (Å²) in [5.41, 5.74) is 1.25. The minimum Gasteiger partial charge on any atom is -0.495 e. The van der Waals surface area contributed by atoms with E-state index in [-0.39, 0.29) is 17.1 Å². The van der Waals surface area contributed by atoms with Gasteiger partial charge in [-0.2, -0.15) is 13.2 Å². The zero-order chi connectivity index (χ0) is 19.6. The van der Waals surface area contributed by atoms with E-state index in [1.165, 1.54) is 13.2 Å². The summed E-state index contributed by atoms with van der Waals surface area (Å²) in [4.78, 5) is 3.10. The summed E-state index contributed by atoms with van der Waals surface area (Å²) >= 11 is 3.23. The fourth-order valence-electron chi connectivity index (χ4n) is 2.73. The molecular formula is C18H16BrF3N2O2S. The lowest BCUT2D eigenvalue weighted by Gasteiger charge is -2.21. The summed E-state index contributed by atoms with van der Waals surface area (Å²) in [7, 11) is -0.740. The fourth-order valence-corrected chi connectivity index (χ4v) is 4.42. The molecule has 27 heavy (non-hydrogen) atoms. The van der Waals surface area contributed by atoms with Gasteiger partial charge < -0.3 is 9.72 Å². The van der Waals surface area contributed by atoms with Gasteiger partial charge in [-0.1, -0.05) is 34.1 Å². The highest BCUT2D eigenvalue weighted by Gasteiger charge is 2.41. The van der Waals surface area contributed by atoms with E-state index >= 15 is 0 Å². The van der Waals surface area contributed by atoms with Crippen LogP contribution in [0.25, 0.3) is 10.9 Å². The van der Waals surface area contributed by atoms with Crippen LogP contribution >= 0.6 is 15.9 Å². The molecular weight excluding hydrogens is 445 g/mol. The van der Waals surface area contributed by atoms with E-state index in [1.807, 2.05) is 0 Å². The molecule has 2 aromatic carbocycles. The quantitative estimate of drug-likeness (QED) is 0.558. The van der Waals surface area contributed by atoms with Crippen molar-refractivity contribution < 1.29 is 22.1 Å². The van der Waals surface area contributed by atoms with Crippen molar-refractivity contribution in [1.29, 1.82) is 0 Å². The Morgan fingerprint density at radius 2 is 2.00 bits per heavy atom. The summed E-state index contributed by atoms with van der Waals surface area (Å²) in [5, 5.41) is 0.708. The van der Waals surface area contributed by atoms with Gasteiger partial charge in [0.05, 0.1) is 12.0 Å². The number of aromatic amines is 1. The van der Waals surface area contributed by atoms with Gasteiger partial charge in [0.1, 0.15) is 22.8 Å². The topological polar surface area (TPSA) is 54.1 Å². The molecule has 9 heteroatoms. The van der Waals surface area contributed by atoms with E-state index in [0.717, 1.165) is 5.52 Å². The van der Waals surface area contributed by atoms with Crippen molar-refractivity contribution in [3.63, 3.8) is 0 Å². The van der Waals surface area contributed by atoms with E-state index in [0.29, 0.717) is 15.4 Å². The first-order chi connectivity index (χ1) is 12.8. The molecule has 3 aromatic rings. The lowest BCUT2D eigenvalue weighted by atomic mass is 10.1. The van der Waals surface area contributed by atoms with Gasteiger partial charge in [0.25, 0.3) is 0 Å². The summed E-state index contributed by atoms with van der Waals surface area (Å²) in [6.07, 6.45) is -3.38. The SMILES string of the molecule is COc1ccc(Br)cc1S(=O)NC(Cc1c[nH]c2ccccc12)C(F)(F)F. The molecule has 0 fully saturated rings. The summed E-state index contributed by atoms with van der Waals surface area (Å²) in [6.45, 7) is 0. The molecule has 144 valence electrons. The molecule has 2 unspecified atom stereocenters. The van der Waals surface area contributed by atoms with E-state index in [9.17, 15) is 17.4 Å². The zero-order valence-corrected chi connectivity index (χ0v) is 16.5. The molecule has 0 spiro atoms. The standard InChI is InChI=1S/C18H16BrF3N2O2S/c1-26-15-7-6-12(19)9-16(15)27(25)24-17(18(20,21)22)8-11-10-23-14-5-3-2-4-13(11)14/h2-7,9-10,17,23-24H,8H2,1H3. The molecule has 1 aromatic heterocycles. The van der Waals surface area contributed by atoms with E-state index in [1.54, 1.807) is 42.6 Å². The Kier molecular flexibility index (Phi) is 5.92. The molecule has 1 heterocycles. The minimum atomic E-state index is -4.58. The Hall–Kier alpha value is -1.84. The monoisotopic (exact) mass is 460 g/mol. The first-order valence-corrected chi connectivity index (χ1v) is 9.87. The van der Waals surface area contributed by atoms with E-state index in [2.05, 4.69) is 25.6 Å². The number of halogens is 4. The molecule has 4 nitrogen and oxygen atoms in total. The number of rotatable bonds is 6. The van der Waals surface area contributed by atoms with Crippen molar-refractivity contribution in [3.05, 3.63) is 58.7 Å². The number of para-hydroxylation sites is 1. The second kappa shape index (κ2) is 8.04. The van der Waals surface area contributed by atoms with Gasteiger partial charge in [0.2, 0.25) is 0 Å². The molecule has 0 amide bonds. The molecule has 2 N–H and O–H groups in total. The third-order valence-corrected chi connectivity index (χ3v) is 5.78. The number of methoxy groups -OCH3 is 1. The minimum absolute atomic E-state index is 0.139. The van der Waals surface area contributed by atoms with E-state index in [4.69, 9.17) is 4.74 Å². The average Bonchev–Trinajstić information content (AvgIpc) is 3.03. The number of aromatic nitrogens is 1. The first kappa shape index (κ1) is 19.9. The van der Waals surface area contributed by atoms with Crippen molar-refractivity contribution in [2.75, 3.05) is 7.11 Å². The molecule has 0 aliphatic carbocycles. The van der Waals surface area contributed by atoms with Crippen LogP contribution in [0.3, 0.4) is 0 Å². The first-order valence-electron chi connectivity index (χ1n) is 7.93. The Balaban J connectivity index is 1.88. The largest absolute Gasteiger partial charge is 0.495 e. The molecule has 0 aliphatic rings. The second-order valence-corrected chi connectivity index (χ2v) is 7.97. The molecule has 0 aliphatic heterocycles. The van der Waals surface area contributed by atoms with Crippen LogP contribution < -0.4 is 9.46 Å². The van der Waals surface area contributed by atoms with Crippen LogP contribution in [0.4, 0.5) is 13.2 Å². The van der Waals surface area contributed by atoms with Gasteiger partial charge in [0.15, 0.2) is 0 Å². The number of hydrogen-bond donors (Lipinski definition) is 2. The molecule has 0 saturated heterocycles. The summed E-state index contributed by atoms with van der Waals surface area (Å²) < 4.78 is 61.3. The number of alkyl halides is 3. The Labute approximate surface area is 164 Å². The van der Waals surface area contributed by atoms with Gasteiger partial charge in [-0.05, 0) is 36.2 Å². The maximum Gasteiger partial charge on any atom is 0.405 e. The van der Waals surface area contributed by atoms with Gasteiger partial charge in [0, 0.05) is 21.6 Å². The number of fused-ring (bicyclic) bond motifs is 1. The van der Waals surface area contributed by atoms with Crippen LogP contribution in [0.2, 0.25) is 0 Å². The van der Waals surface area contributed by atoms with Gasteiger partial charge in [-0.15, -0.1) is 0 Å². The lowest BCUT2D eigenvalue weighted by molar-refractivity contribution is -0.150. The average molecular weight is 461 g/mol. The van der Waals surface area contributed by atoms with Crippen LogP contribution in [0.1, 0.15) is 5.56 Å². The normalized spacial score (nSPS) is 14.3. The van der Waals surface area contributed by atoms with E-state index < -0.39 is 23.2 Å². The van der Waals surface area contributed by atoms with Gasteiger partial charge in [-0.3, -0.25) is 0 Å². The third-order valence-electron chi connectivity index (χ3n) is 4.07. The van der Waals surface area contributed by atoms with Crippen LogP contribution in [-0.2, 0) is 17.4 Å². The smallest absolute Gasteiger partial charge is 0.405 e. The Morgan fingerprint density at radius 3 is 2.70 bits per heavy atom. The van der Waals surface area contributed by atoms with Gasteiger partial charge in [-0.25, -0.2) is 8.93 Å². The van der Waals surface area contributed by atoms with Crippen molar-refractivity contribution >= 4 is 37.8 Å². The second-order valence-electron chi connectivity index (χ2n) is 5.84. The molecule has 0 radical (unpaired) electrons. The van der Waals surface area contributed by atoms with Crippen LogP contribution in [0.15, 0.2) is 58.0 Å². The summed E-state index contributed by atoms with van der Waals surface area (Å²) in [6, 6.07) is 9.80. The van der Waals surface area contributed by atoms with Crippen molar-refractivity contribution in [2.45, 2.75) is 23.5 Å². The predicted octanol–water partition coefficient (Wildman–Crippen LogP) is 4.72. The Bertz CT molecular complexity index is 975. The van der Waals surface area contributed by atoms with Crippen LogP contribution in [-0.4, -0.2) is 28.5 Å². The van der Waals surface area contributed by atoms with Crippen molar-refractivity contribution in [1.82, 2.24) is 9.71 Å². The number of nitrogens with one attached hydrogen (secondary N) is 2. The highest BCUT2D eigenvalue weighted by molar-refractivity contribution is 9.10. The maximum atomic E-state index is 13.6. The maximum absolute atomic E-state index is 13.6. The fraction of sp³-hybridized carbons (Fsp3) is 0.222.